The van der Waals surface area contributed by atoms with Crippen LogP contribution in [-0.4, -0.2) is 36.9 Å². The molecule has 4 unspecified atom stereocenters. The van der Waals surface area contributed by atoms with Gasteiger partial charge in [-0.2, -0.15) is 0 Å². The van der Waals surface area contributed by atoms with Crippen molar-refractivity contribution in [2.24, 2.45) is 11.8 Å². The second-order valence-corrected chi connectivity index (χ2v) is 10.3. The number of hydrogen-bond donors (Lipinski definition) is 2. The van der Waals surface area contributed by atoms with Crippen molar-refractivity contribution in [2.45, 2.75) is 107 Å². The zero-order valence-electron chi connectivity index (χ0n) is 16.8. The van der Waals surface area contributed by atoms with Crippen molar-refractivity contribution < 1.29 is 19.7 Å². The predicted molar refractivity (Wildman–Crippen MR) is 110 cm³/mol. The molecule has 0 radical (unpaired) electrons. The number of esters is 1. The van der Waals surface area contributed by atoms with E-state index in [2.05, 4.69) is 22.6 Å². The molecule has 1 fully saturated rings. The molecule has 25 heavy (non-hydrogen) atoms. The highest BCUT2D eigenvalue weighted by Crippen LogP contribution is 2.48. The second-order valence-electron chi connectivity index (χ2n) is 7.89. The Morgan fingerprint density at radius 3 is 1.84 bits per heavy atom. The highest BCUT2D eigenvalue weighted by Gasteiger charge is 2.52. The molecule has 5 heteroatoms. The zero-order chi connectivity index (χ0) is 19.5. The van der Waals surface area contributed by atoms with Crippen molar-refractivity contribution in [3.05, 3.63) is 0 Å². The van der Waals surface area contributed by atoms with Gasteiger partial charge in [0.05, 0.1) is 11.2 Å². The molecule has 0 bridgehead atoms. The van der Waals surface area contributed by atoms with E-state index in [1.54, 1.807) is 0 Å². The number of carbonyl (C=O) groups excluding carboxylic acids is 1. The van der Waals surface area contributed by atoms with Gasteiger partial charge in [-0.1, -0.05) is 57.2 Å². The van der Waals surface area contributed by atoms with Crippen LogP contribution in [-0.2, 0) is 9.53 Å². The summed E-state index contributed by atoms with van der Waals surface area (Å²) in [6.07, 6.45) is 4.32. The first-order chi connectivity index (χ1) is 11.5. The molecule has 0 heterocycles. The Kier molecular flexibility index (Phi) is 8.22. The Balaban J connectivity index is 3.10. The molecule has 0 aromatic carbocycles. The molecule has 4 atom stereocenters. The highest BCUT2D eigenvalue weighted by atomic mass is 127. The number of halogens is 1. The first-order valence-corrected chi connectivity index (χ1v) is 11.0. The van der Waals surface area contributed by atoms with Crippen LogP contribution in [0.25, 0.3) is 0 Å². The minimum absolute atomic E-state index is 0.0528. The number of carbonyl (C=O) groups is 1. The first-order valence-electron chi connectivity index (χ1n) is 9.88. The van der Waals surface area contributed by atoms with Crippen LogP contribution in [0.1, 0.15) is 86.5 Å². The molecule has 1 rings (SSSR count). The Hall–Kier alpha value is 0.120. The van der Waals surface area contributed by atoms with Crippen molar-refractivity contribution in [3.63, 3.8) is 0 Å². The molecule has 1 aliphatic rings. The average Bonchev–Trinajstić information content (AvgIpc) is 3.05. The minimum Gasteiger partial charge on any atom is -0.461 e. The maximum Gasteiger partial charge on any atom is 0.322 e. The molecule has 0 aromatic rings. The molecule has 4 nitrogen and oxygen atoms in total. The largest absolute Gasteiger partial charge is 0.461 e. The van der Waals surface area contributed by atoms with Crippen LogP contribution in [0.4, 0.5) is 0 Å². The van der Waals surface area contributed by atoms with Gasteiger partial charge in [0.25, 0.3) is 0 Å². The van der Waals surface area contributed by atoms with Gasteiger partial charge in [-0.3, -0.25) is 4.79 Å². The van der Waals surface area contributed by atoms with Crippen LogP contribution in [0, 0.1) is 11.8 Å². The number of ether oxygens (including phenoxy) is 1. The van der Waals surface area contributed by atoms with E-state index in [-0.39, 0.29) is 23.9 Å². The smallest absolute Gasteiger partial charge is 0.322 e. The first kappa shape index (κ1) is 23.2. The third kappa shape index (κ3) is 4.89. The fourth-order valence-electron chi connectivity index (χ4n) is 4.14. The molecule has 148 valence electrons. The topological polar surface area (TPSA) is 66.8 Å². The lowest BCUT2D eigenvalue weighted by Gasteiger charge is -2.37. The number of hydrogen-bond acceptors (Lipinski definition) is 4. The fourth-order valence-corrected chi connectivity index (χ4v) is 4.27. The summed E-state index contributed by atoms with van der Waals surface area (Å²) in [5.74, 6) is -0.278. The highest BCUT2D eigenvalue weighted by molar-refractivity contribution is 14.1. The Morgan fingerprint density at radius 1 is 0.960 bits per heavy atom. The summed E-state index contributed by atoms with van der Waals surface area (Å²) in [4.78, 5) is 12.6. The zero-order valence-corrected chi connectivity index (χ0v) is 18.9. The Bertz CT molecular complexity index is 441. The van der Waals surface area contributed by atoms with Gasteiger partial charge in [-0.25, -0.2) is 0 Å². The van der Waals surface area contributed by atoms with Crippen LogP contribution in [0.3, 0.4) is 0 Å². The van der Waals surface area contributed by atoms with E-state index in [1.807, 2.05) is 41.5 Å². The van der Waals surface area contributed by atoms with E-state index in [1.165, 1.54) is 0 Å². The van der Waals surface area contributed by atoms with Gasteiger partial charge in [-0.15, -0.1) is 0 Å². The normalized spacial score (nSPS) is 27.2. The lowest BCUT2D eigenvalue weighted by Crippen LogP contribution is -2.44. The van der Waals surface area contributed by atoms with E-state index >= 15 is 0 Å². The fraction of sp³-hybridized carbons (Fsp3) is 0.950. The number of alkyl halides is 1. The summed E-state index contributed by atoms with van der Waals surface area (Å²) in [6.45, 7) is 11.8. The summed E-state index contributed by atoms with van der Waals surface area (Å²) in [5.41, 5.74) is -1.60. The van der Waals surface area contributed by atoms with Crippen LogP contribution in [0.15, 0.2) is 0 Å². The van der Waals surface area contributed by atoms with Gasteiger partial charge in [0.1, 0.15) is 9.53 Å². The van der Waals surface area contributed by atoms with Gasteiger partial charge in [0, 0.05) is 5.92 Å². The summed E-state index contributed by atoms with van der Waals surface area (Å²) >= 11 is 2.15. The Labute approximate surface area is 167 Å². The van der Waals surface area contributed by atoms with E-state index in [0.29, 0.717) is 44.9 Å². The van der Waals surface area contributed by atoms with Crippen molar-refractivity contribution in [3.8, 4) is 0 Å². The van der Waals surface area contributed by atoms with E-state index in [0.717, 1.165) is 0 Å². The predicted octanol–water partition coefficient (Wildman–Crippen LogP) is 4.63. The molecule has 1 aliphatic carbocycles. The van der Waals surface area contributed by atoms with Crippen molar-refractivity contribution in [1.29, 1.82) is 0 Å². The molecule has 0 saturated heterocycles. The van der Waals surface area contributed by atoms with Crippen molar-refractivity contribution >= 4 is 28.6 Å². The maximum atomic E-state index is 12.6. The molecular formula is C20H37IO4. The van der Waals surface area contributed by atoms with E-state index < -0.39 is 14.6 Å². The summed E-state index contributed by atoms with van der Waals surface area (Å²) < 4.78 is 5.37. The quantitative estimate of drug-likeness (QED) is 0.294. The standard InChI is InChI=1S/C20H37IO4/c1-7-18(6,21)17(22)25-16-13-14(19(23,8-2)9-3)12-15(16)20(24,10-4)11-5/h14-16,23-24H,7-13H2,1-6H3. The monoisotopic (exact) mass is 468 g/mol. The third-order valence-corrected chi connectivity index (χ3v) is 7.95. The van der Waals surface area contributed by atoms with Crippen LogP contribution < -0.4 is 0 Å². The summed E-state index contributed by atoms with van der Waals surface area (Å²) in [5, 5.41) is 22.1. The van der Waals surface area contributed by atoms with Crippen LogP contribution in [0.2, 0.25) is 0 Å². The summed E-state index contributed by atoms with van der Waals surface area (Å²) in [7, 11) is 0. The van der Waals surface area contributed by atoms with Crippen LogP contribution >= 0.6 is 22.6 Å². The van der Waals surface area contributed by atoms with Gasteiger partial charge in [0.15, 0.2) is 0 Å². The summed E-state index contributed by atoms with van der Waals surface area (Å²) in [6, 6.07) is 0. The Morgan fingerprint density at radius 2 is 1.44 bits per heavy atom. The van der Waals surface area contributed by atoms with E-state index in [9.17, 15) is 15.0 Å². The SMILES string of the molecule is CCC(C)(I)C(=O)OC1CC(C(O)(CC)CC)CC1C(O)(CC)CC. The molecule has 0 amide bonds. The second kappa shape index (κ2) is 8.87. The molecular weight excluding hydrogens is 431 g/mol. The van der Waals surface area contributed by atoms with Crippen molar-refractivity contribution in [2.75, 3.05) is 0 Å². The molecule has 1 saturated carbocycles. The van der Waals surface area contributed by atoms with Gasteiger partial charge in [0.2, 0.25) is 0 Å². The third-order valence-electron chi connectivity index (χ3n) is 6.75. The van der Waals surface area contributed by atoms with Gasteiger partial charge < -0.3 is 14.9 Å². The van der Waals surface area contributed by atoms with Crippen molar-refractivity contribution in [1.82, 2.24) is 0 Å². The van der Waals surface area contributed by atoms with Crippen LogP contribution in [0.5, 0.6) is 0 Å². The molecule has 0 spiro atoms. The lowest BCUT2D eigenvalue weighted by atomic mass is 9.77. The molecule has 0 aliphatic heterocycles. The maximum absolute atomic E-state index is 12.6. The molecule has 0 aromatic heterocycles. The lowest BCUT2D eigenvalue weighted by molar-refractivity contribution is -0.159. The van der Waals surface area contributed by atoms with Gasteiger partial charge in [-0.05, 0) is 57.8 Å². The van der Waals surface area contributed by atoms with Gasteiger partial charge >= 0.3 is 5.97 Å². The molecule has 2 N–H and O–H groups in total. The minimum atomic E-state index is -0.851. The number of rotatable bonds is 9. The van der Waals surface area contributed by atoms with E-state index in [4.69, 9.17) is 4.74 Å². The number of aliphatic hydroxyl groups is 2. The average molecular weight is 468 g/mol.